The molecule has 0 aliphatic carbocycles. The van der Waals surface area contributed by atoms with Gasteiger partial charge in [-0.25, -0.2) is 0 Å². The van der Waals surface area contributed by atoms with Crippen LogP contribution >= 0.6 is 12.2 Å². The van der Waals surface area contributed by atoms with Crippen LogP contribution in [0.1, 0.15) is 24.8 Å². The minimum atomic E-state index is 0.441. The van der Waals surface area contributed by atoms with Gasteiger partial charge in [0.15, 0.2) is 5.11 Å². The number of methoxy groups -OCH3 is 1. The monoisotopic (exact) mass is 368 g/mol. The van der Waals surface area contributed by atoms with Gasteiger partial charge in [-0.1, -0.05) is 18.2 Å². The summed E-state index contributed by atoms with van der Waals surface area (Å²) < 4.78 is 5.54. The molecule has 2 aromatic rings. The van der Waals surface area contributed by atoms with Gasteiger partial charge in [0, 0.05) is 36.1 Å². The molecule has 136 valence electrons. The van der Waals surface area contributed by atoms with Crippen LogP contribution in [0.5, 0.6) is 5.75 Å². The molecular weight excluding hydrogens is 344 g/mol. The first kappa shape index (κ1) is 18.2. The van der Waals surface area contributed by atoms with Gasteiger partial charge >= 0.3 is 0 Å². The molecule has 0 bridgehead atoms. The van der Waals surface area contributed by atoms with Gasteiger partial charge in [0.2, 0.25) is 0 Å². The topological polar surface area (TPSA) is 48.9 Å². The van der Waals surface area contributed by atoms with E-state index in [0.717, 1.165) is 30.1 Å². The van der Waals surface area contributed by atoms with Gasteiger partial charge in [0.1, 0.15) is 5.75 Å². The summed E-state index contributed by atoms with van der Waals surface area (Å²) in [5, 5.41) is 7.73. The van der Waals surface area contributed by atoms with Gasteiger partial charge in [-0.2, -0.15) is 5.10 Å². The first-order valence-electron chi connectivity index (χ1n) is 8.84. The van der Waals surface area contributed by atoms with Crippen molar-refractivity contribution < 1.29 is 4.74 Å². The molecule has 2 N–H and O–H groups in total. The lowest BCUT2D eigenvalue weighted by Gasteiger charge is -2.29. The number of nitrogens with zero attached hydrogens (tertiary/aromatic N) is 2. The van der Waals surface area contributed by atoms with Crippen LogP contribution in [0.4, 0.5) is 11.4 Å². The first-order chi connectivity index (χ1) is 12.8. The molecule has 6 heteroatoms. The van der Waals surface area contributed by atoms with Crippen molar-refractivity contribution in [2.24, 2.45) is 5.10 Å². The number of rotatable bonds is 5. The van der Waals surface area contributed by atoms with Crippen LogP contribution in [0.2, 0.25) is 0 Å². The molecular formula is C20H24N4OS. The van der Waals surface area contributed by atoms with Gasteiger partial charge in [0.25, 0.3) is 0 Å². The second-order valence-electron chi connectivity index (χ2n) is 6.16. The van der Waals surface area contributed by atoms with Gasteiger partial charge < -0.3 is 15.0 Å². The Morgan fingerprint density at radius 1 is 1.12 bits per heavy atom. The van der Waals surface area contributed by atoms with Crippen molar-refractivity contribution in [1.82, 2.24) is 5.43 Å². The zero-order valence-electron chi connectivity index (χ0n) is 14.9. The highest BCUT2D eigenvalue weighted by molar-refractivity contribution is 7.80. The molecule has 1 aliphatic rings. The number of thiocarbonyl (C=S) groups is 1. The minimum absolute atomic E-state index is 0.441. The number of piperidine rings is 1. The molecule has 0 atom stereocenters. The standard InChI is InChI=1S/C20H24N4OS/c1-25-19-14-18(24-12-6-3-7-13-24)11-10-16(19)15-21-23-20(26)22-17-8-4-2-5-9-17/h2,4-5,8-11,14-15H,3,6-7,12-13H2,1H3,(H2,22,23,26)/b21-15+. The van der Waals surface area contributed by atoms with Crippen molar-refractivity contribution in [3.05, 3.63) is 54.1 Å². The van der Waals surface area contributed by atoms with Crippen molar-refractivity contribution in [3.8, 4) is 5.75 Å². The van der Waals surface area contributed by atoms with Crippen molar-refractivity contribution in [1.29, 1.82) is 0 Å². The molecule has 0 aromatic heterocycles. The summed E-state index contributed by atoms with van der Waals surface area (Å²) in [6.07, 6.45) is 5.54. The highest BCUT2D eigenvalue weighted by atomic mass is 32.1. The first-order valence-corrected chi connectivity index (χ1v) is 9.25. The largest absolute Gasteiger partial charge is 0.496 e. The van der Waals surface area contributed by atoms with E-state index in [9.17, 15) is 0 Å². The van der Waals surface area contributed by atoms with E-state index in [1.54, 1.807) is 13.3 Å². The molecule has 5 nitrogen and oxygen atoms in total. The quantitative estimate of drug-likeness (QED) is 0.474. The molecule has 26 heavy (non-hydrogen) atoms. The zero-order valence-corrected chi connectivity index (χ0v) is 15.8. The average Bonchev–Trinajstić information content (AvgIpc) is 2.69. The van der Waals surface area contributed by atoms with Crippen LogP contribution in [-0.2, 0) is 0 Å². The lowest BCUT2D eigenvalue weighted by Crippen LogP contribution is -2.29. The number of para-hydroxylation sites is 1. The maximum Gasteiger partial charge on any atom is 0.191 e. The second-order valence-corrected chi connectivity index (χ2v) is 6.57. The average molecular weight is 369 g/mol. The van der Waals surface area contributed by atoms with Gasteiger partial charge in [0.05, 0.1) is 13.3 Å². The summed E-state index contributed by atoms with van der Waals surface area (Å²) in [7, 11) is 1.68. The fourth-order valence-electron chi connectivity index (χ4n) is 3.00. The molecule has 0 saturated carbocycles. The summed E-state index contributed by atoms with van der Waals surface area (Å²) in [5.41, 5.74) is 5.86. The van der Waals surface area contributed by atoms with E-state index in [-0.39, 0.29) is 0 Å². The molecule has 0 amide bonds. The van der Waals surface area contributed by atoms with Crippen LogP contribution in [-0.4, -0.2) is 31.5 Å². The van der Waals surface area contributed by atoms with Crippen molar-refractivity contribution in [3.63, 3.8) is 0 Å². The summed E-state index contributed by atoms with van der Waals surface area (Å²) in [6, 6.07) is 16.0. The number of hydrazone groups is 1. The normalized spacial score (nSPS) is 14.3. The number of benzene rings is 2. The fourth-order valence-corrected chi connectivity index (χ4v) is 3.17. The molecule has 0 unspecified atom stereocenters. The van der Waals surface area contributed by atoms with Crippen LogP contribution in [0, 0.1) is 0 Å². The smallest absolute Gasteiger partial charge is 0.191 e. The Hall–Kier alpha value is -2.60. The van der Waals surface area contributed by atoms with E-state index in [1.165, 1.54) is 24.9 Å². The SMILES string of the molecule is COc1cc(N2CCCCC2)ccc1/C=N/NC(=S)Nc1ccccc1. The Kier molecular flexibility index (Phi) is 6.44. The zero-order chi connectivity index (χ0) is 18.2. The van der Waals surface area contributed by atoms with Gasteiger partial charge in [-0.15, -0.1) is 0 Å². The predicted molar refractivity (Wildman–Crippen MR) is 112 cm³/mol. The molecule has 2 aromatic carbocycles. The Bertz CT molecular complexity index is 758. The molecule has 1 fully saturated rings. The summed E-state index contributed by atoms with van der Waals surface area (Å²) in [6.45, 7) is 2.22. The van der Waals surface area contributed by atoms with Crippen LogP contribution < -0.4 is 20.4 Å². The Labute approximate surface area is 160 Å². The number of hydrogen-bond acceptors (Lipinski definition) is 4. The number of nitrogens with one attached hydrogen (secondary N) is 2. The maximum atomic E-state index is 5.54. The molecule has 1 saturated heterocycles. The Morgan fingerprint density at radius 2 is 1.88 bits per heavy atom. The predicted octanol–water partition coefficient (Wildman–Crippen LogP) is 4.01. The third kappa shape index (κ3) is 4.95. The second kappa shape index (κ2) is 9.20. The number of anilines is 2. The Balaban J connectivity index is 1.61. The third-order valence-corrected chi connectivity index (χ3v) is 4.53. The number of hydrogen-bond donors (Lipinski definition) is 2. The lowest BCUT2D eigenvalue weighted by atomic mass is 10.1. The van der Waals surface area contributed by atoms with E-state index in [0.29, 0.717) is 5.11 Å². The molecule has 1 heterocycles. The van der Waals surface area contributed by atoms with Crippen molar-refractivity contribution in [2.75, 3.05) is 30.4 Å². The Morgan fingerprint density at radius 3 is 2.62 bits per heavy atom. The summed E-state index contributed by atoms with van der Waals surface area (Å²) in [5.74, 6) is 0.806. The molecule has 0 radical (unpaired) electrons. The van der Waals surface area contributed by atoms with Gasteiger partial charge in [-0.3, -0.25) is 5.43 Å². The summed E-state index contributed by atoms with van der Waals surface area (Å²) in [4.78, 5) is 2.41. The van der Waals surface area contributed by atoms with Gasteiger partial charge in [-0.05, 0) is 55.7 Å². The van der Waals surface area contributed by atoms with E-state index in [2.05, 4.69) is 32.9 Å². The van der Waals surface area contributed by atoms with Crippen molar-refractivity contribution in [2.45, 2.75) is 19.3 Å². The van der Waals surface area contributed by atoms with Crippen LogP contribution in [0.25, 0.3) is 0 Å². The minimum Gasteiger partial charge on any atom is -0.496 e. The maximum absolute atomic E-state index is 5.54. The van der Waals surface area contributed by atoms with Crippen molar-refractivity contribution >= 4 is 34.9 Å². The van der Waals surface area contributed by atoms with Crippen LogP contribution in [0.3, 0.4) is 0 Å². The highest BCUT2D eigenvalue weighted by Crippen LogP contribution is 2.26. The fraction of sp³-hybridized carbons (Fsp3) is 0.300. The number of ether oxygens (including phenoxy) is 1. The highest BCUT2D eigenvalue weighted by Gasteiger charge is 2.12. The third-order valence-electron chi connectivity index (χ3n) is 4.34. The van der Waals surface area contributed by atoms with E-state index < -0.39 is 0 Å². The van der Waals surface area contributed by atoms with E-state index in [1.807, 2.05) is 36.4 Å². The lowest BCUT2D eigenvalue weighted by molar-refractivity contribution is 0.414. The molecule has 0 spiro atoms. The van der Waals surface area contributed by atoms with E-state index in [4.69, 9.17) is 17.0 Å². The van der Waals surface area contributed by atoms with Crippen LogP contribution in [0.15, 0.2) is 53.6 Å². The summed E-state index contributed by atoms with van der Waals surface area (Å²) >= 11 is 5.24. The molecule has 3 rings (SSSR count). The molecule has 1 aliphatic heterocycles. The van der Waals surface area contributed by atoms with E-state index >= 15 is 0 Å².